The van der Waals surface area contributed by atoms with Crippen LogP contribution in [0.1, 0.15) is 44.2 Å². The minimum absolute atomic E-state index is 0.541. The Balaban J connectivity index is 2.21. The summed E-state index contributed by atoms with van der Waals surface area (Å²) < 4.78 is 2.30. The number of hydrogen-bond donors (Lipinski definition) is 1. The average Bonchev–Trinajstić information content (AvgIpc) is 2.79. The summed E-state index contributed by atoms with van der Waals surface area (Å²) in [6, 6.07) is 5.00. The van der Waals surface area contributed by atoms with Crippen molar-refractivity contribution >= 4 is 11.0 Å². The van der Waals surface area contributed by atoms with Gasteiger partial charge < -0.3 is 9.88 Å². The van der Waals surface area contributed by atoms with Gasteiger partial charge in [-0.15, -0.1) is 0 Å². The summed E-state index contributed by atoms with van der Waals surface area (Å²) in [6.45, 7) is 10.9. The first-order valence-electron chi connectivity index (χ1n) is 7.81. The van der Waals surface area contributed by atoms with Crippen molar-refractivity contribution in [1.82, 2.24) is 14.9 Å². The van der Waals surface area contributed by atoms with Gasteiger partial charge in [-0.25, -0.2) is 4.98 Å². The fourth-order valence-electron chi connectivity index (χ4n) is 2.65. The lowest BCUT2D eigenvalue weighted by Crippen LogP contribution is -2.33. The van der Waals surface area contributed by atoms with E-state index in [2.05, 4.69) is 54.7 Å². The van der Waals surface area contributed by atoms with Crippen LogP contribution in [0.4, 0.5) is 0 Å². The van der Waals surface area contributed by atoms with Crippen LogP contribution in [-0.2, 0) is 6.54 Å². The molecule has 1 atom stereocenters. The maximum Gasteiger partial charge on any atom is 0.0958 e. The molecule has 0 spiro atoms. The van der Waals surface area contributed by atoms with E-state index >= 15 is 0 Å². The van der Waals surface area contributed by atoms with E-state index in [4.69, 9.17) is 0 Å². The van der Waals surface area contributed by atoms with Crippen molar-refractivity contribution in [2.45, 2.75) is 59.5 Å². The zero-order valence-electron chi connectivity index (χ0n) is 13.2. The number of aryl methyl sites for hydroxylation is 2. The highest BCUT2D eigenvalue weighted by atomic mass is 15.1. The first-order chi connectivity index (χ1) is 9.65. The van der Waals surface area contributed by atoms with Crippen LogP contribution in [0.15, 0.2) is 18.5 Å². The van der Waals surface area contributed by atoms with Crippen molar-refractivity contribution in [2.75, 3.05) is 6.54 Å². The lowest BCUT2D eigenvalue weighted by atomic mass is 10.1. The van der Waals surface area contributed by atoms with Crippen molar-refractivity contribution < 1.29 is 0 Å². The SMILES string of the molecule is CCCNC(CCC)Cn1cnc2cc(C)c(C)cc21. The lowest BCUT2D eigenvalue weighted by molar-refractivity contribution is 0.424. The molecule has 20 heavy (non-hydrogen) atoms. The molecular weight excluding hydrogens is 246 g/mol. The van der Waals surface area contributed by atoms with Crippen LogP contribution in [0.25, 0.3) is 11.0 Å². The predicted molar refractivity (Wildman–Crippen MR) is 86.2 cm³/mol. The molecule has 1 aromatic carbocycles. The Bertz CT molecular complexity index is 557. The number of rotatable bonds is 7. The Kier molecular flexibility index (Phi) is 5.18. The summed E-state index contributed by atoms with van der Waals surface area (Å²) in [5.74, 6) is 0. The van der Waals surface area contributed by atoms with Crippen LogP contribution >= 0.6 is 0 Å². The molecule has 1 heterocycles. The van der Waals surface area contributed by atoms with E-state index in [-0.39, 0.29) is 0 Å². The van der Waals surface area contributed by atoms with Gasteiger partial charge in [-0.2, -0.15) is 0 Å². The number of benzene rings is 1. The summed E-state index contributed by atoms with van der Waals surface area (Å²) >= 11 is 0. The molecule has 0 saturated heterocycles. The molecule has 3 nitrogen and oxygen atoms in total. The summed E-state index contributed by atoms with van der Waals surface area (Å²) in [7, 11) is 0. The second-order valence-electron chi connectivity index (χ2n) is 5.76. The van der Waals surface area contributed by atoms with E-state index in [9.17, 15) is 0 Å². The molecule has 0 aliphatic carbocycles. The van der Waals surface area contributed by atoms with Crippen molar-refractivity contribution in [1.29, 1.82) is 0 Å². The molecule has 0 radical (unpaired) electrons. The van der Waals surface area contributed by atoms with Gasteiger partial charge in [0.05, 0.1) is 17.4 Å². The van der Waals surface area contributed by atoms with E-state index in [1.807, 2.05) is 6.33 Å². The largest absolute Gasteiger partial charge is 0.329 e. The molecule has 0 amide bonds. The highest BCUT2D eigenvalue weighted by Gasteiger charge is 2.11. The normalized spacial score (nSPS) is 13.0. The van der Waals surface area contributed by atoms with Gasteiger partial charge in [-0.05, 0) is 56.5 Å². The Morgan fingerprint density at radius 3 is 2.60 bits per heavy atom. The molecule has 110 valence electrons. The maximum atomic E-state index is 4.55. The van der Waals surface area contributed by atoms with Crippen LogP contribution in [0.5, 0.6) is 0 Å². The summed E-state index contributed by atoms with van der Waals surface area (Å²) in [4.78, 5) is 4.55. The van der Waals surface area contributed by atoms with Crippen LogP contribution in [0.2, 0.25) is 0 Å². The smallest absolute Gasteiger partial charge is 0.0958 e. The molecule has 2 aromatic rings. The van der Waals surface area contributed by atoms with Gasteiger partial charge in [0.1, 0.15) is 0 Å². The first-order valence-corrected chi connectivity index (χ1v) is 7.81. The molecule has 0 saturated carbocycles. The summed E-state index contributed by atoms with van der Waals surface area (Å²) in [5.41, 5.74) is 5.02. The van der Waals surface area contributed by atoms with Gasteiger partial charge in [-0.1, -0.05) is 20.3 Å². The zero-order valence-corrected chi connectivity index (χ0v) is 13.2. The van der Waals surface area contributed by atoms with Crippen molar-refractivity contribution in [3.8, 4) is 0 Å². The summed E-state index contributed by atoms with van der Waals surface area (Å²) in [5, 5.41) is 3.65. The second-order valence-corrected chi connectivity index (χ2v) is 5.76. The van der Waals surface area contributed by atoms with Crippen LogP contribution < -0.4 is 5.32 Å². The number of fused-ring (bicyclic) bond motifs is 1. The quantitative estimate of drug-likeness (QED) is 0.831. The van der Waals surface area contributed by atoms with E-state index in [0.29, 0.717) is 6.04 Å². The number of imidazole rings is 1. The lowest BCUT2D eigenvalue weighted by Gasteiger charge is -2.19. The van der Waals surface area contributed by atoms with E-state index in [1.165, 1.54) is 35.9 Å². The predicted octanol–water partition coefficient (Wildman–Crippen LogP) is 3.82. The number of nitrogens with one attached hydrogen (secondary N) is 1. The van der Waals surface area contributed by atoms with Gasteiger partial charge in [0, 0.05) is 12.6 Å². The minimum atomic E-state index is 0.541. The number of hydrogen-bond acceptors (Lipinski definition) is 2. The average molecular weight is 273 g/mol. The van der Waals surface area contributed by atoms with E-state index in [0.717, 1.165) is 18.6 Å². The molecule has 3 heteroatoms. The Morgan fingerprint density at radius 1 is 1.15 bits per heavy atom. The number of aromatic nitrogens is 2. The fraction of sp³-hybridized carbons (Fsp3) is 0.588. The van der Waals surface area contributed by atoms with Crippen LogP contribution in [0.3, 0.4) is 0 Å². The van der Waals surface area contributed by atoms with Crippen molar-refractivity contribution in [3.05, 3.63) is 29.6 Å². The van der Waals surface area contributed by atoms with Gasteiger partial charge >= 0.3 is 0 Å². The monoisotopic (exact) mass is 273 g/mol. The molecule has 1 aromatic heterocycles. The minimum Gasteiger partial charge on any atom is -0.329 e. The molecule has 1 unspecified atom stereocenters. The molecule has 1 N–H and O–H groups in total. The molecule has 0 aliphatic heterocycles. The third-order valence-electron chi connectivity index (χ3n) is 3.97. The second kappa shape index (κ2) is 6.89. The molecular formula is C17H27N3. The Morgan fingerprint density at radius 2 is 1.90 bits per heavy atom. The molecule has 0 fully saturated rings. The van der Waals surface area contributed by atoms with Gasteiger partial charge in [0.15, 0.2) is 0 Å². The van der Waals surface area contributed by atoms with Crippen molar-refractivity contribution in [2.24, 2.45) is 0 Å². The highest BCUT2D eigenvalue weighted by molar-refractivity contribution is 5.77. The van der Waals surface area contributed by atoms with Gasteiger partial charge in [-0.3, -0.25) is 0 Å². The molecule has 0 aliphatic rings. The topological polar surface area (TPSA) is 29.9 Å². The van der Waals surface area contributed by atoms with Gasteiger partial charge in [0.2, 0.25) is 0 Å². The van der Waals surface area contributed by atoms with Crippen molar-refractivity contribution in [3.63, 3.8) is 0 Å². The Hall–Kier alpha value is -1.35. The molecule has 2 rings (SSSR count). The molecule has 0 bridgehead atoms. The number of nitrogens with zero attached hydrogens (tertiary/aromatic N) is 2. The maximum absolute atomic E-state index is 4.55. The highest BCUT2D eigenvalue weighted by Crippen LogP contribution is 2.19. The standard InChI is InChI=1S/C17H27N3/c1-5-7-15(18-8-6-2)11-20-12-19-16-9-13(3)14(4)10-17(16)20/h9-10,12,15,18H,5-8,11H2,1-4H3. The van der Waals surface area contributed by atoms with E-state index in [1.54, 1.807) is 0 Å². The summed E-state index contributed by atoms with van der Waals surface area (Å²) in [6.07, 6.45) is 5.60. The fourth-order valence-corrected chi connectivity index (χ4v) is 2.65. The van der Waals surface area contributed by atoms with Crippen LogP contribution in [0, 0.1) is 13.8 Å². The van der Waals surface area contributed by atoms with Gasteiger partial charge in [0.25, 0.3) is 0 Å². The van der Waals surface area contributed by atoms with Crippen LogP contribution in [-0.4, -0.2) is 22.1 Å². The Labute approximate surface area is 122 Å². The van der Waals surface area contributed by atoms with E-state index < -0.39 is 0 Å². The zero-order chi connectivity index (χ0) is 14.5. The third kappa shape index (κ3) is 3.40. The third-order valence-corrected chi connectivity index (χ3v) is 3.97. The first kappa shape index (κ1) is 15.0.